The second kappa shape index (κ2) is 5.92. The van der Waals surface area contributed by atoms with E-state index < -0.39 is 4.92 Å². The molecule has 2 rings (SSSR count). The highest BCUT2D eigenvalue weighted by Gasteiger charge is 2.19. The molecule has 0 fully saturated rings. The van der Waals surface area contributed by atoms with Crippen molar-refractivity contribution in [2.45, 2.75) is 6.54 Å². The molecule has 0 bridgehead atoms. The monoisotopic (exact) mass is 308 g/mol. The van der Waals surface area contributed by atoms with E-state index in [4.69, 9.17) is 11.6 Å². The van der Waals surface area contributed by atoms with Crippen LogP contribution < -0.4 is 0 Å². The lowest BCUT2D eigenvalue weighted by atomic mass is 10.2. The molecule has 0 spiro atoms. The van der Waals surface area contributed by atoms with Crippen LogP contribution in [0.5, 0.6) is 0 Å². The molecule has 0 N–H and O–H groups in total. The van der Waals surface area contributed by atoms with Crippen LogP contribution in [-0.2, 0) is 13.6 Å². The Balaban J connectivity index is 2.21. The van der Waals surface area contributed by atoms with Gasteiger partial charge in [0.05, 0.1) is 11.5 Å². The summed E-state index contributed by atoms with van der Waals surface area (Å²) in [5, 5.41) is 10.9. The Bertz CT molecular complexity index is 698. The Morgan fingerprint density at radius 2 is 2.24 bits per heavy atom. The number of aryl methyl sites for hydroxylation is 1. The highest BCUT2D eigenvalue weighted by Crippen LogP contribution is 2.25. The van der Waals surface area contributed by atoms with Crippen LogP contribution in [0.25, 0.3) is 0 Å². The third-order valence-electron chi connectivity index (χ3n) is 3.04. The molecule has 7 nitrogen and oxygen atoms in total. The Morgan fingerprint density at radius 3 is 2.81 bits per heavy atom. The Hall–Kier alpha value is -2.41. The Kier molecular flexibility index (Phi) is 4.23. The first kappa shape index (κ1) is 15.0. The number of hydrogen-bond donors (Lipinski definition) is 0. The molecule has 1 amide bonds. The maximum Gasteiger partial charge on any atom is 0.288 e. The van der Waals surface area contributed by atoms with E-state index in [0.29, 0.717) is 12.4 Å². The van der Waals surface area contributed by atoms with Gasteiger partial charge in [0.2, 0.25) is 0 Å². The van der Waals surface area contributed by atoms with Gasteiger partial charge in [-0.25, -0.2) is 4.98 Å². The molecule has 8 heteroatoms. The summed E-state index contributed by atoms with van der Waals surface area (Å²) in [5.41, 5.74) is -0.0734. The summed E-state index contributed by atoms with van der Waals surface area (Å²) < 4.78 is 1.80. The molecule has 21 heavy (non-hydrogen) atoms. The average molecular weight is 309 g/mol. The van der Waals surface area contributed by atoms with E-state index in [2.05, 4.69) is 4.98 Å². The molecule has 0 aliphatic heterocycles. The van der Waals surface area contributed by atoms with Crippen molar-refractivity contribution < 1.29 is 9.72 Å². The largest absolute Gasteiger partial charge is 0.337 e. The van der Waals surface area contributed by atoms with Gasteiger partial charge in [-0.1, -0.05) is 11.6 Å². The quantitative estimate of drug-likeness (QED) is 0.641. The molecule has 0 aliphatic carbocycles. The van der Waals surface area contributed by atoms with E-state index >= 15 is 0 Å². The lowest BCUT2D eigenvalue weighted by molar-refractivity contribution is -0.384. The second-order valence-electron chi connectivity index (χ2n) is 4.54. The number of halogens is 1. The van der Waals surface area contributed by atoms with Crippen LogP contribution in [0.1, 0.15) is 16.2 Å². The van der Waals surface area contributed by atoms with Crippen LogP contribution in [-0.4, -0.2) is 32.3 Å². The molecule has 0 unspecified atom stereocenters. The molecule has 0 radical (unpaired) electrons. The van der Waals surface area contributed by atoms with Gasteiger partial charge in [0.1, 0.15) is 10.8 Å². The highest BCUT2D eigenvalue weighted by molar-refractivity contribution is 6.32. The van der Waals surface area contributed by atoms with Crippen LogP contribution in [0.2, 0.25) is 5.02 Å². The van der Waals surface area contributed by atoms with Gasteiger partial charge in [0.15, 0.2) is 0 Å². The lowest BCUT2D eigenvalue weighted by Crippen LogP contribution is -2.27. The van der Waals surface area contributed by atoms with E-state index in [-0.39, 0.29) is 22.2 Å². The average Bonchev–Trinajstić information content (AvgIpc) is 2.83. The fraction of sp³-hybridized carbons (Fsp3) is 0.231. The molecule has 1 heterocycles. The number of nitro groups is 1. The maximum atomic E-state index is 12.3. The summed E-state index contributed by atoms with van der Waals surface area (Å²) in [4.78, 5) is 28.1. The fourth-order valence-corrected chi connectivity index (χ4v) is 2.03. The van der Waals surface area contributed by atoms with Gasteiger partial charge in [-0.15, -0.1) is 0 Å². The molecular formula is C13H13ClN4O3. The molecule has 0 saturated heterocycles. The SMILES string of the molecule is CN(Cc1nccn1C)C(=O)c1ccc(Cl)c([N+](=O)[O-])c1. The van der Waals surface area contributed by atoms with Crippen LogP contribution in [0.3, 0.4) is 0 Å². The maximum absolute atomic E-state index is 12.3. The Morgan fingerprint density at radius 1 is 1.52 bits per heavy atom. The van der Waals surface area contributed by atoms with E-state index in [1.54, 1.807) is 24.0 Å². The topological polar surface area (TPSA) is 81.3 Å². The van der Waals surface area contributed by atoms with Gasteiger partial charge in [-0.3, -0.25) is 14.9 Å². The Labute approximate surface area is 125 Å². The number of rotatable bonds is 4. The van der Waals surface area contributed by atoms with Crippen molar-refractivity contribution in [2.24, 2.45) is 7.05 Å². The summed E-state index contributed by atoms with van der Waals surface area (Å²) in [5.74, 6) is 0.382. The number of hydrogen-bond acceptors (Lipinski definition) is 4. The predicted octanol–water partition coefficient (Wildman–Crippen LogP) is 2.25. The zero-order valence-corrected chi connectivity index (χ0v) is 12.2. The number of carbonyl (C=O) groups is 1. The third-order valence-corrected chi connectivity index (χ3v) is 3.36. The third kappa shape index (κ3) is 3.19. The summed E-state index contributed by atoms with van der Waals surface area (Å²) >= 11 is 5.73. The van der Waals surface area contributed by atoms with Crippen LogP contribution in [0.15, 0.2) is 30.6 Å². The molecule has 1 aromatic carbocycles. The summed E-state index contributed by atoms with van der Waals surface area (Å²) in [6, 6.07) is 3.99. The van der Waals surface area contributed by atoms with E-state index in [0.717, 1.165) is 0 Å². The summed E-state index contributed by atoms with van der Waals surface area (Å²) in [7, 11) is 3.44. The standard InChI is InChI=1S/C13H13ClN4O3/c1-16-6-5-15-12(16)8-17(2)13(19)9-3-4-10(14)11(7-9)18(20)21/h3-7H,8H2,1-2H3. The van der Waals surface area contributed by atoms with Crippen molar-refractivity contribution in [1.29, 1.82) is 0 Å². The van der Waals surface area contributed by atoms with Crippen LogP contribution in [0.4, 0.5) is 5.69 Å². The molecule has 2 aromatic rings. The number of nitrogens with zero attached hydrogens (tertiary/aromatic N) is 4. The number of carbonyl (C=O) groups excluding carboxylic acids is 1. The summed E-state index contributed by atoms with van der Waals surface area (Å²) in [6.45, 7) is 0.304. The number of aromatic nitrogens is 2. The van der Waals surface area contributed by atoms with Crippen molar-refractivity contribution in [2.75, 3.05) is 7.05 Å². The zero-order chi connectivity index (χ0) is 15.6. The lowest BCUT2D eigenvalue weighted by Gasteiger charge is -2.17. The second-order valence-corrected chi connectivity index (χ2v) is 4.95. The van der Waals surface area contributed by atoms with Crippen molar-refractivity contribution in [1.82, 2.24) is 14.5 Å². The van der Waals surface area contributed by atoms with Gasteiger partial charge >= 0.3 is 0 Å². The predicted molar refractivity (Wildman–Crippen MR) is 77.1 cm³/mol. The smallest absolute Gasteiger partial charge is 0.288 e. The first-order chi connectivity index (χ1) is 9.90. The fourth-order valence-electron chi connectivity index (χ4n) is 1.84. The van der Waals surface area contributed by atoms with Gasteiger partial charge in [-0.2, -0.15) is 0 Å². The summed E-state index contributed by atoms with van der Waals surface area (Å²) in [6.07, 6.45) is 3.42. The molecular weight excluding hydrogens is 296 g/mol. The number of amides is 1. The van der Waals surface area contributed by atoms with Gasteiger partial charge < -0.3 is 9.47 Å². The molecule has 0 aliphatic rings. The van der Waals surface area contributed by atoms with Gasteiger partial charge in [0.25, 0.3) is 11.6 Å². The molecule has 1 aromatic heterocycles. The first-order valence-corrected chi connectivity index (χ1v) is 6.43. The van der Waals surface area contributed by atoms with Gasteiger partial charge in [0, 0.05) is 38.1 Å². The van der Waals surface area contributed by atoms with Gasteiger partial charge in [-0.05, 0) is 12.1 Å². The normalized spacial score (nSPS) is 10.4. The van der Waals surface area contributed by atoms with Crippen LogP contribution >= 0.6 is 11.6 Å². The van der Waals surface area contributed by atoms with E-state index in [1.807, 2.05) is 7.05 Å². The number of benzene rings is 1. The minimum Gasteiger partial charge on any atom is -0.337 e. The van der Waals surface area contributed by atoms with E-state index in [9.17, 15) is 14.9 Å². The molecule has 0 atom stereocenters. The molecule has 0 saturated carbocycles. The van der Waals surface area contributed by atoms with Crippen molar-refractivity contribution >= 4 is 23.2 Å². The van der Waals surface area contributed by atoms with Crippen molar-refractivity contribution in [3.63, 3.8) is 0 Å². The van der Waals surface area contributed by atoms with Crippen molar-refractivity contribution in [3.05, 3.63) is 57.1 Å². The zero-order valence-electron chi connectivity index (χ0n) is 11.5. The first-order valence-electron chi connectivity index (χ1n) is 6.05. The van der Waals surface area contributed by atoms with Crippen molar-refractivity contribution in [3.8, 4) is 0 Å². The minimum atomic E-state index is -0.613. The minimum absolute atomic E-state index is 0.00306. The number of imidazole rings is 1. The van der Waals surface area contributed by atoms with E-state index in [1.165, 1.54) is 23.1 Å². The number of nitro benzene ring substituents is 1. The van der Waals surface area contributed by atoms with Crippen LogP contribution in [0, 0.1) is 10.1 Å². The highest BCUT2D eigenvalue weighted by atomic mass is 35.5. The molecule has 110 valence electrons.